The first-order valence-corrected chi connectivity index (χ1v) is 5.68. The smallest absolute Gasteiger partial charge is 0.139 e. The summed E-state index contributed by atoms with van der Waals surface area (Å²) < 4.78 is 14.8. The highest BCUT2D eigenvalue weighted by molar-refractivity contribution is 5.40. The molecule has 1 N–H and O–H groups in total. The number of pyridine rings is 1. The van der Waals surface area contributed by atoms with Crippen molar-refractivity contribution in [3.63, 3.8) is 0 Å². The first kappa shape index (κ1) is 9.78. The first-order chi connectivity index (χ1) is 7.83. The van der Waals surface area contributed by atoms with Crippen LogP contribution in [0.4, 0.5) is 4.39 Å². The summed E-state index contributed by atoms with van der Waals surface area (Å²) in [5.41, 5.74) is 1.89. The van der Waals surface area contributed by atoms with Gasteiger partial charge >= 0.3 is 0 Å². The van der Waals surface area contributed by atoms with Crippen molar-refractivity contribution in [3.8, 4) is 0 Å². The van der Waals surface area contributed by atoms with Gasteiger partial charge in [0.15, 0.2) is 0 Å². The molecule has 0 bridgehead atoms. The lowest BCUT2D eigenvalue weighted by Gasteiger charge is -2.20. The lowest BCUT2D eigenvalue weighted by atomic mass is 9.97. The zero-order valence-electron chi connectivity index (χ0n) is 8.99. The molecule has 0 aliphatic carbocycles. The van der Waals surface area contributed by atoms with Crippen LogP contribution in [0.3, 0.4) is 0 Å². The standard InChI is InChI=1S/C12H14FN3/c13-10-3-4-12-15-11(8-16(12)7-10)9-2-1-5-14-6-9/h3-4,7-9,14H,1-2,5-6H2. The Balaban J connectivity index is 1.97. The van der Waals surface area contributed by atoms with E-state index < -0.39 is 0 Å². The minimum absolute atomic E-state index is 0.224. The molecule has 0 radical (unpaired) electrons. The van der Waals surface area contributed by atoms with Crippen molar-refractivity contribution in [1.29, 1.82) is 0 Å². The van der Waals surface area contributed by atoms with Gasteiger partial charge in [0.25, 0.3) is 0 Å². The number of piperidine rings is 1. The summed E-state index contributed by atoms with van der Waals surface area (Å²) in [7, 11) is 0. The Morgan fingerprint density at radius 2 is 2.31 bits per heavy atom. The van der Waals surface area contributed by atoms with Gasteiger partial charge in [-0.05, 0) is 31.5 Å². The van der Waals surface area contributed by atoms with E-state index >= 15 is 0 Å². The Bertz CT molecular complexity index is 500. The van der Waals surface area contributed by atoms with Crippen molar-refractivity contribution in [1.82, 2.24) is 14.7 Å². The largest absolute Gasteiger partial charge is 0.316 e. The lowest BCUT2D eigenvalue weighted by Crippen LogP contribution is -2.28. The van der Waals surface area contributed by atoms with Crippen LogP contribution in [-0.4, -0.2) is 22.5 Å². The fourth-order valence-corrected chi connectivity index (χ4v) is 2.29. The average molecular weight is 219 g/mol. The van der Waals surface area contributed by atoms with E-state index in [1.807, 2.05) is 6.20 Å². The highest BCUT2D eigenvalue weighted by Crippen LogP contribution is 2.22. The summed E-state index contributed by atoms with van der Waals surface area (Å²) in [4.78, 5) is 4.53. The fraction of sp³-hybridized carbons (Fsp3) is 0.417. The molecule has 0 amide bonds. The third kappa shape index (κ3) is 1.69. The van der Waals surface area contributed by atoms with Gasteiger partial charge in [-0.25, -0.2) is 9.37 Å². The van der Waals surface area contributed by atoms with Crippen LogP contribution in [0.5, 0.6) is 0 Å². The maximum Gasteiger partial charge on any atom is 0.139 e. The normalized spacial score (nSPS) is 21.4. The van der Waals surface area contributed by atoms with E-state index in [-0.39, 0.29) is 5.82 Å². The van der Waals surface area contributed by atoms with Crippen LogP contribution in [0.2, 0.25) is 0 Å². The van der Waals surface area contributed by atoms with Gasteiger partial charge in [-0.15, -0.1) is 0 Å². The molecule has 16 heavy (non-hydrogen) atoms. The molecular formula is C12H14FN3. The van der Waals surface area contributed by atoms with Crippen molar-refractivity contribution >= 4 is 5.65 Å². The molecular weight excluding hydrogens is 205 g/mol. The summed E-state index contributed by atoms with van der Waals surface area (Å²) in [5, 5.41) is 3.37. The molecule has 1 aliphatic heterocycles. The molecule has 0 spiro atoms. The van der Waals surface area contributed by atoms with Crippen molar-refractivity contribution in [3.05, 3.63) is 36.0 Å². The molecule has 1 aliphatic rings. The topological polar surface area (TPSA) is 29.3 Å². The summed E-state index contributed by atoms with van der Waals surface area (Å²) in [6.45, 7) is 2.07. The van der Waals surface area contributed by atoms with Crippen LogP contribution in [0, 0.1) is 5.82 Å². The van der Waals surface area contributed by atoms with Crippen LogP contribution in [0.25, 0.3) is 5.65 Å². The Morgan fingerprint density at radius 3 is 3.12 bits per heavy atom. The maximum atomic E-state index is 13.0. The van der Waals surface area contributed by atoms with E-state index in [2.05, 4.69) is 10.3 Å². The molecule has 3 heterocycles. The minimum Gasteiger partial charge on any atom is -0.316 e. The third-order valence-electron chi connectivity index (χ3n) is 3.15. The quantitative estimate of drug-likeness (QED) is 0.794. The number of halogens is 1. The van der Waals surface area contributed by atoms with E-state index in [1.54, 1.807) is 10.5 Å². The number of nitrogens with zero attached hydrogens (tertiary/aromatic N) is 2. The van der Waals surface area contributed by atoms with Gasteiger partial charge < -0.3 is 9.72 Å². The molecule has 1 fully saturated rings. The van der Waals surface area contributed by atoms with Crippen molar-refractivity contribution in [2.45, 2.75) is 18.8 Å². The van der Waals surface area contributed by atoms with E-state index in [0.717, 1.165) is 24.4 Å². The Kier molecular flexibility index (Phi) is 2.36. The van der Waals surface area contributed by atoms with E-state index in [4.69, 9.17) is 0 Å². The number of hydrogen-bond donors (Lipinski definition) is 1. The SMILES string of the molecule is Fc1ccc2nc(C3CCCNC3)cn2c1. The monoisotopic (exact) mass is 219 g/mol. The van der Waals surface area contributed by atoms with Gasteiger partial charge in [0.2, 0.25) is 0 Å². The van der Waals surface area contributed by atoms with Gasteiger partial charge in [-0.2, -0.15) is 0 Å². The number of fused-ring (bicyclic) bond motifs is 1. The Labute approximate surface area is 93.3 Å². The third-order valence-corrected chi connectivity index (χ3v) is 3.15. The number of nitrogens with one attached hydrogen (secondary N) is 1. The summed E-state index contributed by atoms with van der Waals surface area (Å²) in [6.07, 6.45) is 5.77. The van der Waals surface area contributed by atoms with Gasteiger partial charge in [-0.1, -0.05) is 0 Å². The van der Waals surface area contributed by atoms with Gasteiger partial charge in [0.05, 0.1) is 5.69 Å². The van der Waals surface area contributed by atoms with Crippen molar-refractivity contribution in [2.75, 3.05) is 13.1 Å². The Hall–Kier alpha value is -1.42. The maximum absolute atomic E-state index is 13.0. The van der Waals surface area contributed by atoms with Crippen LogP contribution < -0.4 is 5.32 Å². The molecule has 0 saturated carbocycles. The second-order valence-electron chi connectivity index (χ2n) is 4.32. The molecule has 1 unspecified atom stereocenters. The Morgan fingerprint density at radius 1 is 1.38 bits per heavy atom. The van der Waals surface area contributed by atoms with Gasteiger partial charge in [-0.3, -0.25) is 0 Å². The first-order valence-electron chi connectivity index (χ1n) is 5.68. The molecule has 4 heteroatoms. The van der Waals surface area contributed by atoms with Crippen LogP contribution >= 0.6 is 0 Å². The number of aromatic nitrogens is 2. The van der Waals surface area contributed by atoms with Crippen molar-refractivity contribution in [2.24, 2.45) is 0 Å². The molecule has 2 aromatic heterocycles. The number of imidazole rings is 1. The average Bonchev–Trinajstić information content (AvgIpc) is 2.73. The predicted octanol–water partition coefficient (Wildman–Crippen LogP) is 1.94. The lowest BCUT2D eigenvalue weighted by molar-refractivity contribution is 0.456. The number of hydrogen-bond acceptors (Lipinski definition) is 2. The van der Waals surface area contributed by atoms with Gasteiger partial charge in [0.1, 0.15) is 11.5 Å². The second-order valence-corrected chi connectivity index (χ2v) is 4.32. The molecule has 3 nitrogen and oxygen atoms in total. The zero-order chi connectivity index (χ0) is 11.0. The highest BCUT2D eigenvalue weighted by Gasteiger charge is 2.17. The van der Waals surface area contributed by atoms with Crippen LogP contribution in [0.1, 0.15) is 24.5 Å². The fourth-order valence-electron chi connectivity index (χ4n) is 2.29. The van der Waals surface area contributed by atoms with Gasteiger partial charge in [0, 0.05) is 24.9 Å². The molecule has 3 rings (SSSR count). The van der Waals surface area contributed by atoms with E-state index in [1.165, 1.54) is 25.1 Å². The molecule has 2 aromatic rings. The van der Waals surface area contributed by atoms with Crippen molar-refractivity contribution < 1.29 is 4.39 Å². The second kappa shape index (κ2) is 3.87. The van der Waals surface area contributed by atoms with Crippen LogP contribution in [0.15, 0.2) is 24.5 Å². The summed E-state index contributed by atoms with van der Waals surface area (Å²) in [6, 6.07) is 3.17. The summed E-state index contributed by atoms with van der Waals surface area (Å²) in [5.74, 6) is 0.245. The van der Waals surface area contributed by atoms with Crippen LogP contribution in [-0.2, 0) is 0 Å². The number of rotatable bonds is 1. The van der Waals surface area contributed by atoms with E-state index in [9.17, 15) is 4.39 Å². The predicted molar refractivity (Wildman–Crippen MR) is 60.0 cm³/mol. The molecule has 1 saturated heterocycles. The highest BCUT2D eigenvalue weighted by atomic mass is 19.1. The molecule has 84 valence electrons. The summed E-state index contributed by atoms with van der Waals surface area (Å²) >= 11 is 0. The molecule has 1 atom stereocenters. The zero-order valence-corrected chi connectivity index (χ0v) is 8.99. The minimum atomic E-state index is -0.224. The molecule has 0 aromatic carbocycles. The van der Waals surface area contributed by atoms with E-state index in [0.29, 0.717) is 5.92 Å².